The summed E-state index contributed by atoms with van der Waals surface area (Å²) in [6.45, 7) is 12.0. The molecule has 0 saturated heterocycles. The maximum absolute atomic E-state index is 13.1. The molecule has 0 bridgehead atoms. The summed E-state index contributed by atoms with van der Waals surface area (Å²) in [6, 6.07) is 0. The number of aliphatic hydroxyl groups excluding tert-OH is 1. The second-order valence-corrected chi connectivity index (χ2v) is 34.7. The number of aliphatic hydroxyl groups is 1. The maximum Gasteiger partial charge on any atom is 0.472 e. The molecule has 0 aromatic rings. The monoisotopic (exact) mass is 1520 g/mol. The van der Waals surface area contributed by atoms with E-state index in [0.29, 0.717) is 25.7 Å². The molecule has 618 valence electrons. The minimum atomic E-state index is -4.97. The van der Waals surface area contributed by atoms with E-state index < -0.39 is 97.5 Å². The first-order valence-corrected chi connectivity index (χ1v) is 46.9. The predicted molar refractivity (Wildman–Crippen MR) is 428 cm³/mol. The van der Waals surface area contributed by atoms with E-state index >= 15 is 0 Å². The summed E-state index contributed by atoms with van der Waals surface area (Å²) in [4.78, 5) is 73.2. The molecule has 0 aromatic heterocycles. The molecule has 0 aliphatic rings. The Morgan fingerprint density at radius 2 is 0.490 bits per heavy atom. The van der Waals surface area contributed by atoms with Gasteiger partial charge >= 0.3 is 39.5 Å². The number of esters is 4. The predicted octanol–water partition coefficient (Wildman–Crippen LogP) is 25.7. The fourth-order valence-corrected chi connectivity index (χ4v) is 14.7. The fourth-order valence-electron chi connectivity index (χ4n) is 13.2. The third kappa shape index (κ3) is 76.8. The minimum Gasteiger partial charge on any atom is -0.462 e. The van der Waals surface area contributed by atoms with Gasteiger partial charge in [-0.3, -0.25) is 37.3 Å². The Morgan fingerprint density at radius 1 is 0.279 bits per heavy atom. The first kappa shape index (κ1) is 102. The quantitative estimate of drug-likeness (QED) is 0.0222. The Bertz CT molecular complexity index is 2010. The van der Waals surface area contributed by atoms with Crippen LogP contribution in [0.2, 0.25) is 0 Å². The molecule has 0 rings (SSSR count). The normalized spacial score (nSPS) is 14.2. The molecule has 0 saturated carbocycles. The second-order valence-electron chi connectivity index (χ2n) is 31.8. The van der Waals surface area contributed by atoms with Crippen LogP contribution in [0.1, 0.15) is 447 Å². The molecule has 0 aromatic carbocycles. The molecule has 17 nitrogen and oxygen atoms in total. The van der Waals surface area contributed by atoms with Crippen LogP contribution in [-0.2, 0) is 65.4 Å². The molecule has 0 heterocycles. The largest absolute Gasteiger partial charge is 0.472 e. The van der Waals surface area contributed by atoms with Gasteiger partial charge in [-0.15, -0.1) is 0 Å². The SMILES string of the molecule is CCCCCCCCCCCCCCCCCCCCCCCC(=O)O[C@H](COC(=O)CCCCCCCCCCCCCCCCC(C)C)COP(=O)(O)OC[C@@H](O)COP(=O)(O)OC[C@@H](COC(=O)CCCCCCCCCCCC(C)C)OC(=O)CCCCCCCCCCCCC(C)CC. The molecule has 0 spiro atoms. The van der Waals surface area contributed by atoms with Crippen molar-refractivity contribution in [2.24, 2.45) is 17.8 Å². The van der Waals surface area contributed by atoms with Gasteiger partial charge in [-0.2, -0.15) is 0 Å². The second kappa shape index (κ2) is 75.1. The lowest BCUT2D eigenvalue weighted by Crippen LogP contribution is -2.30. The van der Waals surface area contributed by atoms with E-state index in [4.69, 9.17) is 37.0 Å². The summed E-state index contributed by atoms with van der Waals surface area (Å²) in [6.07, 6.45) is 65.2. The summed E-state index contributed by atoms with van der Waals surface area (Å²) >= 11 is 0. The molecule has 104 heavy (non-hydrogen) atoms. The standard InChI is InChI=1S/C85H166O17P2/c1-8-10-11-12-13-14-15-16-17-18-19-20-21-22-23-28-31-39-47-54-61-68-84(89)101-80(72-95-82(87)66-59-52-45-38-30-27-25-24-26-29-35-42-49-56-63-76(3)4)74-99-103(91,92)97-70-79(86)71-98-104(93,94)100-75-81(73-96-83(88)67-60-53-46-41-34-36-43-50-57-64-77(5)6)102-85(90)69-62-55-48-40-33-32-37-44-51-58-65-78(7)9-2/h76-81,86H,8-75H2,1-7H3,(H,91,92)(H,93,94)/t78?,79-,80-,81-/m1/s1. The highest BCUT2D eigenvalue weighted by Crippen LogP contribution is 2.45. The highest BCUT2D eigenvalue weighted by Gasteiger charge is 2.30. The first-order chi connectivity index (χ1) is 50.3. The van der Waals surface area contributed by atoms with Crippen LogP contribution in [0, 0.1) is 17.8 Å². The van der Waals surface area contributed by atoms with Crippen molar-refractivity contribution in [3.63, 3.8) is 0 Å². The molecule has 3 N–H and O–H groups in total. The van der Waals surface area contributed by atoms with E-state index in [1.807, 2.05) is 0 Å². The Kier molecular flexibility index (Phi) is 73.7. The molecular weight excluding hydrogens is 1350 g/mol. The summed E-state index contributed by atoms with van der Waals surface area (Å²) in [7, 11) is -9.93. The van der Waals surface area contributed by atoms with Crippen molar-refractivity contribution in [2.75, 3.05) is 39.6 Å². The highest BCUT2D eigenvalue weighted by atomic mass is 31.2. The van der Waals surface area contributed by atoms with Gasteiger partial charge in [0.05, 0.1) is 26.4 Å². The number of carbonyl (C=O) groups is 4. The van der Waals surface area contributed by atoms with Crippen molar-refractivity contribution in [1.29, 1.82) is 0 Å². The number of unbranched alkanes of at least 4 members (excludes halogenated alkanes) is 50. The van der Waals surface area contributed by atoms with Crippen molar-refractivity contribution in [3.05, 3.63) is 0 Å². The molecule has 19 heteroatoms. The van der Waals surface area contributed by atoms with Gasteiger partial charge in [0.15, 0.2) is 12.2 Å². The maximum atomic E-state index is 13.1. The number of phosphoric acid groups is 2. The van der Waals surface area contributed by atoms with Crippen LogP contribution in [0.15, 0.2) is 0 Å². The minimum absolute atomic E-state index is 0.106. The van der Waals surface area contributed by atoms with Crippen molar-refractivity contribution < 1.29 is 80.2 Å². The topological polar surface area (TPSA) is 237 Å². The zero-order chi connectivity index (χ0) is 76.5. The number of hydrogen-bond acceptors (Lipinski definition) is 15. The molecular formula is C85H166O17P2. The van der Waals surface area contributed by atoms with E-state index in [-0.39, 0.29) is 25.7 Å². The van der Waals surface area contributed by atoms with Crippen LogP contribution in [-0.4, -0.2) is 96.7 Å². The fraction of sp³-hybridized carbons (Fsp3) is 0.953. The van der Waals surface area contributed by atoms with E-state index in [1.54, 1.807) is 0 Å². The van der Waals surface area contributed by atoms with Gasteiger partial charge in [0, 0.05) is 25.7 Å². The molecule has 6 atom stereocenters. The Morgan fingerprint density at radius 3 is 0.731 bits per heavy atom. The number of hydrogen-bond donors (Lipinski definition) is 3. The van der Waals surface area contributed by atoms with Gasteiger partial charge in [0.1, 0.15) is 19.3 Å². The molecule has 0 amide bonds. The van der Waals surface area contributed by atoms with Gasteiger partial charge in [0.2, 0.25) is 0 Å². The van der Waals surface area contributed by atoms with Crippen LogP contribution in [0.3, 0.4) is 0 Å². The van der Waals surface area contributed by atoms with Gasteiger partial charge in [-0.05, 0) is 43.4 Å². The van der Waals surface area contributed by atoms with E-state index in [9.17, 15) is 43.2 Å². The summed E-state index contributed by atoms with van der Waals surface area (Å²) < 4.78 is 68.9. The van der Waals surface area contributed by atoms with Gasteiger partial charge in [0.25, 0.3) is 0 Å². The smallest absolute Gasteiger partial charge is 0.462 e. The van der Waals surface area contributed by atoms with Crippen molar-refractivity contribution in [3.8, 4) is 0 Å². The zero-order valence-corrected chi connectivity index (χ0v) is 70.3. The number of rotatable bonds is 83. The van der Waals surface area contributed by atoms with E-state index in [1.165, 1.54) is 257 Å². The van der Waals surface area contributed by atoms with Gasteiger partial charge < -0.3 is 33.8 Å². The zero-order valence-electron chi connectivity index (χ0n) is 68.5. The first-order valence-electron chi connectivity index (χ1n) is 43.9. The summed E-state index contributed by atoms with van der Waals surface area (Å²) in [5, 5.41) is 10.7. The summed E-state index contributed by atoms with van der Waals surface area (Å²) in [5.74, 6) is 0.239. The molecule has 0 radical (unpaired) electrons. The Balaban J connectivity index is 5.25. The van der Waals surface area contributed by atoms with Crippen LogP contribution < -0.4 is 0 Å². The van der Waals surface area contributed by atoms with Gasteiger partial charge in [-0.1, -0.05) is 395 Å². The lowest BCUT2D eigenvalue weighted by molar-refractivity contribution is -0.161. The van der Waals surface area contributed by atoms with Crippen LogP contribution >= 0.6 is 15.6 Å². The Labute approximate surface area is 638 Å². The van der Waals surface area contributed by atoms with E-state index in [0.717, 1.165) is 108 Å². The average Bonchev–Trinajstić information content (AvgIpc) is 0.906. The van der Waals surface area contributed by atoms with Crippen LogP contribution in [0.4, 0.5) is 0 Å². The number of carbonyl (C=O) groups excluding carboxylic acids is 4. The summed E-state index contributed by atoms with van der Waals surface area (Å²) in [5.41, 5.74) is 0. The average molecular weight is 1520 g/mol. The van der Waals surface area contributed by atoms with E-state index in [2.05, 4.69) is 48.5 Å². The highest BCUT2D eigenvalue weighted by molar-refractivity contribution is 7.47. The third-order valence-electron chi connectivity index (χ3n) is 20.2. The van der Waals surface area contributed by atoms with Gasteiger partial charge in [-0.25, -0.2) is 9.13 Å². The van der Waals surface area contributed by atoms with Crippen molar-refractivity contribution in [1.82, 2.24) is 0 Å². The number of ether oxygens (including phenoxy) is 4. The van der Waals surface area contributed by atoms with Crippen LogP contribution in [0.5, 0.6) is 0 Å². The molecule has 0 aliphatic carbocycles. The van der Waals surface area contributed by atoms with Crippen LogP contribution in [0.25, 0.3) is 0 Å². The molecule has 0 fully saturated rings. The lowest BCUT2D eigenvalue weighted by atomic mass is 9.99. The molecule has 3 unspecified atom stereocenters. The van der Waals surface area contributed by atoms with Crippen molar-refractivity contribution >= 4 is 39.5 Å². The third-order valence-corrected chi connectivity index (χ3v) is 22.1. The van der Waals surface area contributed by atoms with Crippen molar-refractivity contribution in [2.45, 2.75) is 465 Å². The molecule has 0 aliphatic heterocycles. The Hall–Kier alpha value is -1.94. The lowest BCUT2D eigenvalue weighted by Gasteiger charge is -2.21. The number of phosphoric ester groups is 2.